The van der Waals surface area contributed by atoms with E-state index in [0.29, 0.717) is 16.7 Å². The molecule has 1 spiro atoms. The third kappa shape index (κ3) is 2.04. The summed E-state index contributed by atoms with van der Waals surface area (Å²) in [7, 11) is 0. The van der Waals surface area contributed by atoms with Crippen molar-refractivity contribution >= 4 is 5.97 Å². The minimum absolute atomic E-state index is 0.0186. The van der Waals surface area contributed by atoms with E-state index in [-0.39, 0.29) is 5.92 Å². The molecule has 0 aromatic heterocycles. The Balaban J connectivity index is 1.44. The van der Waals surface area contributed by atoms with E-state index in [9.17, 15) is 9.90 Å². The molecule has 7 rings (SSSR count). The second-order valence-corrected chi connectivity index (χ2v) is 12.7. The summed E-state index contributed by atoms with van der Waals surface area (Å²) in [4.78, 5) is 12.0. The number of rotatable bonds is 2. The van der Waals surface area contributed by atoms with E-state index >= 15 is 0 Å². The van der Waals surface area contributed by atoms with Gasteiger partial charge in [0.05, 0.1) is 5.92 Å². The zero-order valence-corrected chi connectivity index (χ0v) is 18.2. The Morgan fingerprint density at radius 2 is 1.86 bits per heavy atom. The molecular formula is C26H40O2. The van der Waals surface area contributed by atoms with E-state index in [1.165, 1.54) is 57.8 Å². The lowest BCUT2D eigenvalue weighted by molar-refractivity contribution is -0.241. The van der Waals surface area contributed by atoms with Gasteiger partial charge in [0.1, 0.15) is 0 Å². The van der Waals surface area contributed by atoms with Crippen molar-refractivity contribution in [1.29, 1.82) is 0 Å². The molecule has 7 aliphatic carbocycles. The maximum absolute atomic E-state index is 12.0. The van der Waals surface area contributed by atoms with E-state index in [2.05, 4.69) is 20.8 Å². The minimum atomic E-state index is -0.481. The molecule has 7 saturated carbocycles. The number of hydrogen-bond donors (Lipinski definition) is 1. The average molecular weight is 385 g/mol. The van der Waals surface area contributed by atoms with Gasteiger partial charge in [0, 0.05) is 0 Å². The van der Waals surface area contributed by atoms with Gasteiger partial charge in [0.15, 0.2) is 0 Å². The summed E-state index contributed by atoms with van der Waals surface area (Å²) in [5, 5.41) is 9.90. The Labute approximate surface area is 171 Å². The summed E-state index contributed by atoms with van der Waals surface area (Å²) in [5.41, 5.74) is 1.16. The van der Waals surface area contributed by atoms with Crippen LogP contribution in [0.4, 0.5) is 0 Å². The fraction of sp³-hybridized carbons (Fsp3) is 0.962. The lowest BCUT2D eigenvalue weighted by Gasteiger charge is -2.72. The zero-order chi connectivity index (χ0) is 19.4. The van der Waals surface area contributed by atoms with Crippen LogP contribution in [0.3, 0.4) is 0 Å². The van der Waals surface area contributed by atoms with Gasteiger partial charge in [0.2, 0.25) is 0 Å². The SMILES string of the molecule is CC(C)C1CC23CCC4CCCCC4(C)C2CC1C1C2CC(CC2C(=O)O)C13. The first-order chi connectivity index (χ1) is 13.4. The van der Waals surface area contributed by atoms with Gasteiger partial charge in [-0.3, -0.25) is 4.79 Å². The van der Waals surface area contributed by atoms with Crippen LogP contribution in [0.15, 0.2) is 0 Å². The molecule has 0 saturated heterocycles. The van der Waals surface area contributed by atoms with Crippen molar-refractivity contribution in [2.45, 2.75) is 85.0 Å². The van der Waals surface area contributed by atoms with Crippen LogP contribution in [0.2, 0.25) is 0 Å². The number of hydrogen-bond acceptors (Lipinski definition) is 1. The summed E-state index contributed by atoms with van der Waals surface area (Å²) >= 11 is 0. The number of carboxylic acid groups (broad SMARTS) is 1. The van der Waals surface area contributed by atoms with Gasteiger partial charge in [0.25, 0.3) is 0 Å². The van der Waals surface area contributed by atoms with Crippen molar-refractivity contribution in [2.75, 3.05) is 0 Å². The molecule has 2 nitrogen and oxygen atoms in total. The van der Waals surface area contributed by atoms with Crippen LogP contribution < -0.4 is 0 Å². The molecule has 11 atom stereocenters. The lowest BCUT2D eigenvalue weighted by atomic mass is 9.32. The highest BCUT2D eigenvalue weighted by molar-refractivity contribution is 5.71. The van der Waals surface area contributed by atoms with Gasteiger partial charge in [-0.15, -0.1) is 0 Å². The summed E-state index contributed by atoms with van der Waals surface area (Å²) < 4.78 is 0. The van der Waals surface area contributed by atoms with Crippen LogP contribution in [0.5, 0.6) is 0 Å². The predicted molar refractivity (Wildman–Crippen MR) is 111 cm³/mol. The van der Waals surface area contributed by atoms with Crippen LogP contribution in [-0.2, 0) is 4.79 Å². The topological polar surface area (TPSA) is 37.3 Å². The minimum Gasteiger partial charge on any atom is -0.481 e. The molecule has 156 valence electrons. The third-order valence-corrected chi connectivity index (χ3v) is 12.0. The van der Waals surface area contributed by atoms with E-state index in [4.69, 9.17) is 0 Å². The Morgan fingerprint density at radius 1 is 1.04 bits per heavy atom. The maximum atomic E-state index is 12.0. The molecule has 0 amide bonds. The van der Waals surface area contributed by atoms with Crippen molar-refractivity contribution in [3.63, 3.8) is 0 Å². The number of aliphatic carboxylic acids is 1. The van der Waals surface area contributed by atoms with Gasteiger partial charge in [-0.25, -0.2) is 0 Å². The highest BCUT2D eigenvalue weighted by Crippen LogP contribution is 2.79. The standard InChI is InChI=1S/C26H40O2/c1-14(2)20-13-26-9-7-16-6-4-5-8-25(16,3)21(26)12-18(20)22-17-10-15(23(22)26)11-19(17)24(27)28/h14-23H,4-13H2,1-3H3,(H,27,28). The van der Waals surface area contributed by atoms with Gasteiger partial charge in [-0.05, 0) is 115 Å². The number of fused-ring (bicyclic) bond motifs is 4. The highest BCUT2D eigenvalue weighted by Gasteiger charge is 2.73. The number of carbonyl (C=O) groups is 1. The summed E-state index contributed by atoms with van der Waals surface area (Å²) in [5.74, 6) is 6.75. The largest absolute Gasteiger partial charge is 0.481 e. The molecule has 1 N–H and O–H groups in total. The molecule has 4 bridgehead atoms. The van der Waals surface area contributed by atoms with Gasteiger partial charge >= 0.3 is 5.97 Å². The van der Waals surface area contributed by atoms with Crippen molar-refractivity contribution in [3.8, 4) is 0 Å². The first-order valence-electron chi connectivity index (χ1n) is 12.6. The molecule has 0 aromatic carbocycles. The van der Waals surface area contributed by atoms with Crippen molar-refractivity contribution < 1.29 is 9.90 Å². The quantitative estimate of drug-likeness (QED) is 0.611. The van der Waals surface area contributed by atoms with E-state index in [0.717, 1.165) is 53.8 Å². The van der Waals surface area contributed by atoms with Crippen LogP contribution in [-0.4, -0.2) is 11.1 Å². The van der Waals surface area contributed by atoms with Crippen molar-refractivity contribution in [3.05, 3.63) is 0 Å². The maximum Gasteiger partial charge on any atom is 0.306 e. The molecule has 2 heteroatoms. The van der Waals surface area contributed by atoms with E-state index in [1.807, 2.05) is 0 Å². The first-order valence-corrected chi connectivity index (χ1v) is 12.6. The Kier molecular flexibility index (Phi) is 3.77. The van der Waals surface area contributed by atoms with E-state index < -0.39 is 5.97 Å². The molecule has 0 heterocycles. The normalized spacial score (nSPS) is 59.1. The Bertz CT molecular complexity index is 684. The van der Waals surface area contributed by atoms with Gasteiger partial charge in [-0.1, -0.05) is 33.6 Å². The Hall–Kier alpha value is -0.530. The fourth-order valence-electron chi connectivity index (χ4n) is 11.3. The second kappa shape index (κ2) is 5.79. The first kappa shape index (κ1) is 18.3. The lowest BCUT2D eigenvalue weighted by Crippen LogP contribution is -2.66. The predicted octanol–water partition coefficient (Wildman–Crippen LogP) is 6.25. The van der Waals surface area contributed by atoms with Crippen LogP contribution >= 0.6 is 0 Å². The van der Waals surface area contributed by atoms with Gasteiger partial charge in [-0.2, -0.15) is 0 Å². The van der Waals surface area contributed by atoms with Crippen LogP contribution in [0.1, 0.15) is 85.0 Å². The molecule has 11 unspecified atom stereocenters. The average Bonchev–Trinajstić information content (AvgIpc) is 3.28. The molecule has 0 radical (unpaired) electrons. The van der Waals surface area contributed by atoms with Crippen molar-refractivity contribution in [1.82, 2.24) is 0 Å². The van der Waals surface area contributed by atoms with Gasteiger partial charge < -0.3 is 5.11 Å². The zero-order valence-electron chi connectivity index (χ0n) is 18.2. The highest BCUT2D eigenvalue weighted by atomic mass is 16.4. The molecule has 0 aromatic rings. The molecule has 7 aliphatic rings. The Morgan fingerprint density at radius 3 is 2.61 bits per heavy atom. The summed E-state index contributed by atoms with van der Waals surface area (Å²) in [6.45, 7) is 7.62. The molecule has 28 heavy (non-hydrogen) atoms. The second-order valence-electron chi connectivity index (χ2n) is 12.7. The third-order valence-electron chi connectivity index (χ3n) is 12.0. The molecular weight excluding hydrogens is 344 g/mol. The summed E-state index contributed by atoms with van der Waals surface area (Å²) in [6.07, 6.45) is 14.1. The molecule has 7 fully saturated rings. The van der Waals surface area contributed by atoms with Crippen LogP contribution in [0, 0.1) is 70.0 Å². The van der Waals surface area contributed by atoms with Crippen molar-refractivity contribution in [2.24, 2.45) is 70.0 Å². The monoisotopic (exact) mass is 384 g/mol. The summed E-state index contributed by atoms with van der Waals surface area (Å²) in [6, 6.07) is 0. The molecule has 0 aliphatic heterocycles. The fourth-order valence-corrected chi connectivity index (χ4v) is 11.3. The smallest absolute Gasteiger partial charge is 0.306 e. The van der Waals surface area contributed by atoms with Crippen LogP contribution in [0.25, 0.3) is 0 Å². The van der Waals surface area contributed by atoms with E-state index in [1.54, 1.807) is 0 Å². The number of carboxylic acids is 1.